The zero-order valence-electron chi connectivity index (χ0n) is 22.6. The molecule has 0 fully saturated rings. The van der Waals surface area contributed by atoms with Crippen LogP contribution in [0.4, 0.5) is 0 Å². The number of benzene rings is 6. The van der Waals surface area contributed by atoms with E-state index >= 15 is 0 Å². The Morgan fingerprint density at radius 3 is 1.00 bits per heavy atom. The van der Waals surface area contributed by atoms with Gasteiger partial charge in [0, 0.05) is 10.6 Å². The molecule has 41 heavy (non-hydrogen) atoms. The van der Waals surface area contributed by atoms with Crippen LogP contribution in [0.5, 0.6) is 0 Å². The van der Waals surface area contributed by atoms with E-state index in [1.54, 1.807) is 0 Å². The Bertz CT molecular complexity index is 1580. The first-order valence-electron chi connectivity index (χ1n) is 13.6. The number of hydrogen-bond acceptors (Lipinski definition) is 1. The number of hydrogen-bond donors (Lipinski definition) is 0. The first kappa shape index (κ1) is 27.5. The third-order valence-electron chi connectivity index (χ3n) is 6.67. The molecule has 0 amide bonds. The van der Waals surface area contributed by atoms with Crippen LogP contribution in [0.1, 0.15) is 0 Å². The second-order valence-electron chi connectivity index (χ2n) is 9.42. The van der Waals surface area contributed by atoms with Crippen molar-refractivity contribution in [1.29, 1.82) is 0 Å². The highest BCUT2D eigenvalue weighted by Crippen LogP contribution is 2.68. The average Bonchev–Trinajstić information content (AvgIpc) is 3.07. The van der Waals surface area contributed by atoms with Crippen LogP contribution < -0.4 is 31.8 Å². The van der Waals surface area contributed by atoms with Crippen molar-refractivity contribution in [3.05, 3.63) is 187 Å². The topological polar surface area (TPSA) is 26.5 Å². The van der Waals surface area contributed by atoms with Gasteiger partial charge in [-0.05, 0) is 21.2 Å². The molecule has 0 N–H and O–H groups in total. The van der Waals surface area contributed by atoms with Gasteiger partial charge in [-0.3, -0.25) is 4.52 Å². The molecule has 0 radical (unpaired) electrons. The molecule has 0 heterocycles. The van der Waals surface area contributed by atoms with Gasteiger partial charge in [0.25, 0.3) is 0 Å². The molecule has 0 aromatic heterocycles. The predicted octanol–water partition coefficient (Wildman–Crippen LogP) is 8.22. The van der Waals surface area contributed by atoms with Crippen LogP contribution in [0.15, 0.2) is 187 Å². The van der Waals surface area contributed by atoms with Crippen molar-refractivity contribution in [2.24, 2.45) is 4.52 Å². The number of nitrogens with zero attached hydrogens (tertiary/aromatic N) is 2. The van der Waals surface area contributed by atoms with E-state index in [0.717, 1.165) is 0 Å². The van der Waals surface area contributed by atoms with Crippen molar-refractivity contribution in [2.45, 2.75) is 0 Å². The molecule has 0 saturated carbocycles. The zero-order valence-corrected chi connectivity index (χ0v) is 25.2. The molecule has 0 unspecified atom stereocenters. The summed E-state index contributed by atoms with van der Waals surface area (Å²) in [5.41, 5.74) is 0. The van der Waals surface area contributed by atoms with E-state index in [9.17, 15) is 0 Å². The highest BCUT2D eigenvalue weighted by molar-refractivity contribution is 7.99. The van der Waals surface area contributed by atoms with Crippen molar-refractivity contribution < 1.29 is 0 Å². The summed E-state index contributed by atoms with van der Waals surface area (Å²) in [6, 6.07) is 64.5. The molecule has 0 atom stereocenters. The maximum atomic E-state index is 6.00. The summed E-state index contributed by atoms with van der Waals surface area (Å²) in [6.45, 7) is 0. The molecule has 6 aromatic carbocycles. The van der Waals surface area contributed by atoms with E-state index in [0.29, 0.717) is 0 Å². The van der Waals surface area contributed by atoms with Crippen molar-refractivity contribution in [3.8, 4) is 0 Å². The average molecular weight is 584 g/mol. The highest BCUT2D eigenvalue weighted by atomic mass is 31.2. The number of rotatable bonds is 9. The van der Waals surface area contributed by atoms with E-state index in [1.165, 1.54) is 31.8 Å². The van der Waals surface area contributed by atoms with Crippen LogP contribution in [-0.2, 0) is 0 Å². The van der Waals surface area contributed by atoms with Crippen molar-refractivity contribution in [2.75, 3.05) is 0 Å². The van der Waals surface area contributed by atoms with Gasteiger partial charge in [0.1, 0.15) is 0 Å². The molecule has 6 aromatic rings. The van der Waals surface area contributed by atoms with Gasteiger partial charge >= 0.3 is 0 Å². The summed E-state index contributed by atoms with van der Waals surface area (Å²) < 4.78 is 6.00. The molecule has 0 aliphatic heterocycles. The summed E-state index contributed by atoms with van der Waals surface area (Å²) >= 11 is 0. The first-order chi connectivity index (χ1) is 20.3. The molecular formula is C36H30N2P3-. The van der Waals surface area contributed by atoms with Crippen LogP contribution in [0.25, 0.3) is 4.86 Å². The lowest BCUT2D eigenvalue weighted by atomic mass is 10.4. The Balaban J connectivity index is 1.67. The second kappa shape index (κ2) is 13.4. The summed E-state index contributed by atoms with van der Waals surface area (Å²) in [5.74, 6) is 0. The third-order valence-corrected chi connectivity index (χ3v) is 15.4. The van der Waals surface area contributed by atoms with E-state index in [1.807, 2.05) is 0 Å². The third kappa shape index (κ3) is 6.33. The minimum atomic E-state index is -2.67. The highest BCUT2D eigenvalue weighted by Gasteiger charge is 2.23. The minimum Gasteiger partial charge on any atom is -0.580 e. The van der Waals surface area contributed by atoms with Gasteiger partial charge in [0.15, 0.2) is 0 Å². The van der Waals surface area contributed by atoms with Crippen LogP contribution in [0, 0.1) is 0 Å². The van der Waals surface area contributed by atoms with E-state index < -0.39 is 23.3 Å². The summed E-state index contributed by atoms with van der Waals surface area (Å²) in [6.07, 6.45) is 0. The SMILES string of the molecule is c1ccc(P(N=P([N-]P(c2ccccc2)c2ccccc2)(c2ccccc2)c2ccccc2)c2ccccc2)cc1. The molecule has 0 spiro atoms. The zero-order chi connectivity index (χ0) is 27.7. The van der Waals surface area contributed by atoms with Gasteiger partial charge in [0.05, 0.1) is 8.07 Å². The Morgan fingerprint density at radius 1 is 0.366 bits per heavy atom. The molecule has 200 valence electrons. The van der Waals surface area contributed by atoms with Crippen LogP contribution in [0.2, 0.25) is 0 Å². The van der Waals surface area contributed by atoms with Gasteiger partial charge < -0.3 is 4.86 Å². The Hall–Kier alpha value is -3.63. The minimum absolute atomic E-state index is 1.06. The molecule has 0 bridgehead atoms. The largest absolute Gasteiger partial charge is 0.580 e. The van der Waals surface area contributed by atoms with Crippen LogP contribution in [0.3, 0.4) is 0 Å². The van der Waals surface area contributed by atoms with E-state index in [-0.39, 0.29) is 0 Å². The summed E-state index contributed by atoms with van der Waals surface area (Å²) in [5, 5.41) is 7.25. The van der Waals surface area contributed by atoms with E-state index in [2.05, 4.69) is 182 Å². The Morgan fingerprint density at radius 2 is 0.659 bits per heavy atom. The Labute approximate surface area is 245 Å². The lowest BCUT2D eigenvalue weighted by molar-refractivity contribution is 1.71. The van der Waals surface area contributed by atoms with Gasteiger partial charge in [-0.1, -0.05) is 189 Å². The molecule has 0 aliphatic carbocycles. The fourth-order valence-corrected chi connectivity index (χ4v) is 14.4. The lowest BCUT2D eigenvalue weighted by Gasteiger charge is -2.46. The van der Waals surface area contributed by atoms with Gasteiger partial charge in [-0.25, -0.2) is 0 Å². The smallest absolute Gasteiger partial charge is 0.0749 e. The lowest BCUT2D eigenvalue weighted by Crippen LogP contribution is -2.20. The first-order valence-corrected chi connectivity index (χ1v) is 17.9. The maximum absolute atomic E-state index is 6.00. The molecule has 5 heteroatoms. The van der Waals surface area contributed by atoms with Crippen molar-refractivity contribution >= 4 is 55.2 Å². The quantitative estimate of drug-likeness (QED) is 0.153. The standard InChI is InChI=1S/C36H30N2P3/c1-7-19-31(20-8-1)39(32-21-9-2-10-22-32)37-41(35-27-15-5-16-28-35,36-29-17-6-18-30-36)38-40(33-23-11-3-12-24-33)34-25-13-4-14-26-34/h1-30H/q-1. The summed E-state index contributed by atoms with van der Waals surface area (Å²) in [7, 11) is -4.79. The molecule has 0 saturated heterocycles. The fourth-order valence-electron chi connectivity index (χ4n) is 4.69. The van der Waals surface area contributed by atoms with Gasteiger partial charge in [-0.2, -0.15) is 8.07 Å². The molecule has 2 nitrogen and oxygen atoms in total. The van der Waals surface area contributed by atoms with Crippen molar-refractivity contribution in [1.82, 2.24) is 0 Å². The van der Waals surface area contributed by atoms with Gasteiger partial charge in [0.2, 0.25) is 0 Å². The monoisotopic (exact) mass is 583 g/mol. The maximum Gasteiger partial charge on any atom is 0.0749 e. The normalized spacial score (nSPS) is 11.5. The fraction of sp³-hybridized carbons (Fsp3) is 0. The molecule has 6 rings (SSSR count). The van der Waals surface area contributed by atoms with Crippen molar-refractivity contribution in [3.63, 3.8) is 0 Å². The molecule has 0 aliphatic rings. The predicted molar refractivity (Wildman–Crippen MR) is 183 cm³/mol. The van der Waals surface area contributed by atoms with Gasteiger partial charge in [-0.15, -0.1) is 0 Å². The van der Waals surface area contributed by atoms with E-state index in [4.69, 9.17) is 9.37 Å². The van der Waals surface area contributed by atoms with Crippen LogP contribution >= 0.6 is 23.3 Å². The second-order valence-corrected chi connectivity index (χ2v) is 16.4. The molecular weight excluding hydrogens is 553 g/mol. The van der Waals surface area contributed by atoms with Crippen LogP contribution in [-0.4, -0.2) is 0 Å². The summed E-state index contributed by atoms with van der Waals surface area (Å²) in [4.78, 5) is 6.00. The Kier molecular flexibility index (Phi) is 8.97.